The number of benzene rings is 2. The Morgan fingerprint density at radius 3 is 2.72 bits per heavy atom. The second kappa shape index (κ2) is 7.12. The number of aromatic nitrogens is 2. The smallest absolute Gasteiger partial charge is 0.314 e. The normalized spacial score (nSPS) is 11.9. The molecule has 2 N–H and O–H groups in total. The summed E-state index contributed by atoms with van der Waals surface area (Å²) in [6, 6.07) is 10.6. The number of nitrogens with one attached hydrogen (secondary N) is 2. The lowest BCUT2D eigenvalue weighted by Gasteiger charge is -2.16. The molecule has 0 saturated carbocycles. The van der Waals surface area contributed by atoms with Crippen LogP contribution in [-0.2, 0) is 9.53 Å². The molecular weight excluding hydrogens is 325 g/mol. The Labute approximate surface area is 143 Å². The van der Waals surface area contributed by atoms with Crippen LogP contribution in [0.2, 0.25) is 0 Å². The van der Waals surface area contributed by atoms with Gasteiger partial charge in [0.2, 0.25) is 0 Å². The van der Waals surface area contributed by atoms with Gasteiger partial charge < -0.3 is 15.0 Å². The lowest BCUT2D eigenvalue weighted by atomic mass is 9.99. The predicted octanol–water partition coefficient (Wildman–Crippen LogP) is 2.39. The summed E-state index contributed by atoms with van der Waals surface area (Å²) in [4.78, 5) is 31.4. The van der Waals surface area contributed by atoms with Crippen LogP contribution in [0.25, 0.3) is 11.0 Å². The Kier molecular flexibility index (Phi) is 4.74. The number of nitrogens with zero attached hydrogens (tertiary/aromatic N) is 1. The highest BCUT2D eigenvalue weighted by Crippen LogP contribution is 2.18. The van der Waals surface area contributed by atoms with Crippen molar-refractivity contribution in [2.45, 2.75) is 5.92 Å². The molecule has 0 aliphatic rings. The molecule has 0 radical (unpaired) electrons. The summed E-state index contributed by atoms with van der Waals surface area (Å²) in [5.41, 5.74) is 2.52. The first-order valence-electron chi connectivity index (χ1n) is 7.63. The number of imidazole rings is 1. The Balaban J connectivity index is 1.74. The fourth-order valence-electron chi connectivity index (χ4n) is 2.55. The standard InChI is InChI=1S/C18H16FN3O3/c1-25-18(24)14(11-2-5-13(19)6-3-11)9-20-17(23)12-4-7-15-16(8-12)22-10-21-15/h2-8,10,14H,9H2,1H3,(H,20,23)(H,21,22)/t14-/m0/s1. The lowest BCUT2D eigenvalue weighted by Crippen LogP contribution is -2.32. The Morgan fingerprint density at radius 1 is 1.24 bits per heavy atom. The number of hydrogen-bond acceptors (Lipinski definition) is 4. The van der Waals surface area contributed by atoms with E-state index in [0.29, 0.717) is 11.1 Å². The topological polar surface area (TPSA) is 84.1 Å². The second-order valence-electron chi connectivity index (χ2n) is 5.47. The van der Waals surface area contributed by atoms with Crippen LogP contribution in [0.15, 0.2) is 48.8 Å². The summed E-state index contributed by atoms with van der Waals surface area (Å²) in [6.07, 6.45) is 1.55. The van der Waals surface area contributed by atoms with E-state index in [1.807, 2.05) is 0 Å². The van der Waals surface area contributed by atoms with Crippen molar-refractivity contribution in [3.8, 4) is 0 Å². The van der Waals surface area contributed by atoms with Crippen LogP contribution < -0.4 is 5.32 Å². The molecule has 1 heterocycles. The fraction of sp³-hybridized carbons (Fsp3) is 0.167. The molecule has 0 aliphatic heterocycles. The van der Waals surface area contributed by atoms with Crippen molar-refractivity contribution in [2.75, 3.05) is 13.7 Å². The predicted molar refractivity (Wildman–Crippen MR) is 89.6 cm³/mol. The molecule has 1 amide bonds. The van der Waals surface area contributed by atoms with Crippen LogP contribution in [0.5, 0.6) is 0 Å². The van der Waals surface area contributed by atoms with Crippen molar-refractivity contribution in [3.63, 3.8) is 0 Å². The van der Waals surface area contributed by atoms with Gasteiger partial charge in [0.25, 0.3) is 5.91 Å². The summed E-state index contributed by atoms with van der Waals surface area (Å²) in [7, 11) is 1.27. The molecule has 3 rings (SSSR count). The summed E-state index contributed by atoms with van der Waals surface area (Å²) >= 11 is 0. The van der Waals surface area contributed by atoms with E-state index in [9.17, 15) is 14.0 Å². The molecule has 1 aromatic heterocycles. The number of carbonyl (C=O) groups excluding carboxylic acids is 2. The van der Waals surface area contributed by atoms with Crippen molar-refractivity contribution in [1.29, 1.82) is 0 Å². The number of carbonyl (C=O) groups is 2. The number of H-pyrrole nitrogens is 1. The minimum absolute atomic E-state index is 0.0398. The number of rotatable bonds is 5. The van der Waals surface area contributed by atoms with Gasteiger partial charge in [0.1, 0.15) is 5.82 Å². The van der Waals surface area contributed by atoms with E-state index in [0.717, 1.165) is 11.0 Å². The average molecular weight is 341 g/mol. The molecule has 0 aliphatic carbocycles. The highest BCUT2D eigenvalue weighted by atomic mass is 19.1. The molecule has 1 atom stereocenters. The third-order valence-corrected chi connectivity index (χ3v) is 3.91. The summed E-state index contributed by atoms with van der Waals surface area (Å²) < 4.78 is 17.9. The zero-order valence-electron chi connectivity index (χ0n) is 13.5. The fourth-order valence-corrected chi connectivity index (χ4v) is 2.55. The molecule has 25 heavy (non-hydrogen) atoms. The van der Waals surface area contributed by atoms with Crippen LogP contribution in [0, 0.1) is 5.82 Å². The van der Waals surface area contributed by atoms with Gasteiger partial charge in [-0.1, -0.05) is 12.1 Å². The molecule has 0 bridgehead atoms. The van der Waals surface area contributed by atoms with Crippen LogP contribution in [-0.4, -0.2) is 35.5 Å². The SMILES string of the molecule is COC(=O)[C@@H](CNC(=O)c1ccc2nc[nH]c2c1)c1ccc(F)cc1. The first-order chi connectivity index (χ1) is 12.1. The Hall–Kier alpha value is -3.22. The molecule has 3 aromatic rings. The van der Waals surface area contributed by atoms with Gasteiger partial charge in [0, 0.05) is 12.1 Å². The molecule has 0 unspecified atom stereocenters. The van der Waals surface area contributed by atoms with Gasteiger partial charge in [0.05, 0.1) is 30.4 Å². The number of aromatic amines is 1. The van der Waals surface area contributed by atoms with Gasteiger partial charge in [-0.15, -0.1) is 0 Å². The second-order valence-corrected chi connectivity index (χ2v) is 5.47. The highest BCUT2D eigenvalue weighted by molar-refractivity contribution is 5.97. The van der Waals surface area contributed by atoms with Crippen LogP contribution in [0.1, 0.15) is 21.8 Å². The third kappa shape index (κ3) is 3.65. The first kappa shape index (κ1) is 16.6. The Morgan fingerprint density at radius 2 is 2.00 bits per heavy atom. The van der Waals surface area contributed by atoms with Gasteiger partial charge >= 0.3 is 5.97 Å². The van der Waals surface area contributed by atoms with E-state index in [2.05, 4.69) is 15.3 Å². The maximum absolute atomic E-state index is 13.1. The third-order valence-electron chi connectivity index (χ3n) is 3.91. The maximum Gasteiger partial charge on any atom is 0.314 e. The quantitative estimate of drug-likeness (QED) is 0.698. The van der Waals surface area contributed by atoms with E-state index >= 15 is 0 Å². The molecule has 0 fully saturated rings. The van der Waals surface area contributed by atoms with Gasteiger partial charge in [-0.2, -0.15) is 0 Å². The van der Waals surface area contributed by atoms with Gasteiger partial charge in [0.15, 0.2) is 0 Å². The molecule has 6 nitrogen and oxygen atoms in total. The Bertz CT molecular complexity index is 905. The van der Waals surface area contributed by atoms with Crippen molar-refractivity contribution in [3.05, 3.63) is 65.7 Å². The van der Waals surface area contributed by atoms with E-state index in [1.54, 1.807) is 24.5 Å². The number of hydrogen-bond donors (Lipinski definition) is 2. The number of esters is 1. The summed E-state index contributed by atoms with van der Waals surface area (Å²) in [5.74, 6) is -1.95. The zero-order valence-corrected chi connectivity index (χ0v) is 13.5. The molecule has 2 aromatic carbocycles. The number of amides is 1. The van der Waals surface area contributed by atoms with Crippen molar-refractivity contribution >= 4 is 22.9 Å². The lowest BCUT2D eigenvalue weighted by molar-refractivity contribution is -0.142. The van der Waals surface area contributed by atoms with E-state index < -0.39 is 17.7 Å². The minimum Gasteiger partial charge on any atom is -0.468 e. The average Bonchev–Trinajstić information content (AvgIpc) is 3.10. The van der Waals surface area contributed by atoms with E-state index in [1.165, 1.54) is 31.4 Å². The van der Waals surface area contributed by atoms with E-state index in [-0.39, 0.29) is 12.5 Å². The van der Waals surface area contributed by atoms with Crippen molar-refractivity contribution in [2.24, 2.45) is 0 Å². The molecule has 0 spiro atoms. The van der Waals surface area contributed by atoms with Crippen LogP contribution in [0.4, 0.5) is 4.39 Å². The zero-order chi connectivity index (χ0) is 17.8. The molecule has 128 valence electrons. The van der Waals surface area contributed by atoms with Gasteiger partial charge in [-0.05, 0) is 35.9 Å². The first-order valence-corrected chi connectivity index (χ1v) is 7.63. The van der Waals surface area contributed by atoms with Gasteiger partial charge in [-0.3, -0.25) is 9.59 Å². The number of fused-ring (bicyclic) bond motifs is 1. The highest BCUT2D eigenvalue weighted by Gasteiger charge is 2.22. The van der Waals surface area contributed by atoms with E-state index in [4.69, 9.17) is 4.74 Å². The number of ether oxygens (including phenoxy) is 1. The largest absolute Gasteiger partial charge is 0.468 e. The number of methoxy groups -OCH3 is 1. The van der Waals surface area contributed by atoms with Gasteiger partial charge in [-0.25, -0.2) is 9.37 Å². The molecule has 0 saturated heterocycles. The number of halogens is 1. The van der Waals surface area contributed by atoms with Crippen molar-refractivity contribution in [1.82, 2.24) is 15.3 Å². The minimum atomic E-state index is -0.717. The van der Waals surface area contributed by atoms with Crippen LogP contribution >= 0.6 is 0 Å². The molecule has 7 heteroatoms. The summed E-state index contributed by atoms with van der Waals surface area (Å²) in [6.45, 7) is 0.0398. The maximum atomic E-state index is 13.1. The van der Waals surface area contributed by atoms with Crippen LogP contribution in [0.3, 0.4) is 0 Å². The van der Waals surface area contributed by atoms with Crippen molar-refractivity contribution < 1.29 is 18.7 Å². The monoisotopic (exact) mass is 341 g/mol. The molecular formula is C18H16FN3O3. The summed E-state index contributed by atoms with van der Waals surface area (Å²) in [5, 5.41) is 2.72.